The lowest BCUT2D eigenvalue weighted by Crippen LogP contribution is -3.15. The van der Waals surface area contributed by atoms with Gasteiger partial charge < -0.3 is 10.2 Å². The first-order chi connectivity index (χ1) is 12.8. The molecule has 150 valence electrons. The van der Waals surface area contributed by atoms with Gasteiger partial charge in [-0.15, -0.1) is 0 Å². The van der Waals surface area contributed by atoms with Crippen molar-refractivity contribution in [2.45, 2.75) is 37.0 Å². The number of quaternary nitrogens is 1. The van der Waals surface area contributed by atoms with E-state index in [1.807, 2.05) is 0 Å². The first-order valence-electron chi connectivity index (χ1n) is 9.63. The highest BCUT2D eigenvalue weighted by molar-refractivity contribution is 7.89. The number of sulfonamides is 1. The predicted octanol–water partition coefficient (Wildman–Crippen LogP) is 1.62. The Morgan fingerprint density at radius 1 is 1.22 bits per heavy atom. The van der Waals surface area contributed by atoms with Crippen LogP contribution in [0.2, 0.25) is 5.02 Å². The van der Waals surface area contributed by atoms with Crippen LogP contribution in [0.1, 0.15) is 32.1 Å². The van der Waals surface area contributed by atoms with Gasteiger partial charge in [0.15, 0.2) is 6.54 Å². The third-order valence-corrected chi connectivity index (χ3v) is 8.03. The number of piperidine rings is 1. The molecule has 0 aromatic heterocycles. The number of carbonyl (C=O) groups is 1. The molecule has 3 atom stereocenters. The van der Waals surface area contributed by atoms with Crippen LogP contribution in [0, 0.1) is 11.8 Å². The van der Waals surface area contributed by atoms with Crippen LogP contribution < -0.4 is 10.2 Å². The third kappa shape index (κ3) is 4.83. The topological polar surface area (TPSA) is 70.9 Å². The van der Waals surface area contributed by atoms with Crippen LogP contribution >= 0.6 is 11.6 Å². The molecular weight excluding hydrogens is 386 g/mol. The molecule has 1 unspecified atom stereocenters. The quantitative estimate of drug-likeness (QED) is 0.769. The van der Waals surface area contributed by atoms with Crippen molar-refractivity contribution in [3.05, 3.63) is 23.2 Å². The molecule has 1 amide bonds. The van der Waals surface area contributed by atoms with Gasteiger partial charge in [0.25, 0.3) is 5.91 Å². The number of fused-ring (bicyclic) bond motifs is 1. The number of benzene rings is 1. The zero-order valence-electron chi connectivity index (χ0n) is 16.0. The number of halogens is 1. The highest BCUT2D eigenvalue weighted by Crippen LogP contribution is 2.32. The van der Waals surface area contributed by atoms with Crippen LogP contribution in [0.5, 0.6) is 0 Å². The van der Waals surface area contributed by atoms with Gasteiger partial charge in [-0.3, -0.25) is 4.79 Å². The van der Waals surface area contributed by atoms with E-state index in [1.54, 1.807) is 0 Å². The summed E-state index contributed by atoms with van der Waals surface area (Å²) in [5, 5.41) is 3.14. The summed E-state index contributed by atoms with van der Waals surface area (Å²) < 4.78 is 25.7. The number of hydrogen-bond acceptors (Lipinski definition) is 3. The minimum Gasteiger partial charge on any atom is -0.327 e. The van der Waals surface area contributed by atoms with Gasteiger partial charge in [0, 0.05) is 20.0 Å². The fraction of sp³-hybridized carbons (Fsp3) is 0.632. The number of hydrogen-bond donors (Lipinski definition) is 2. The molecule has 1 aromatic rings. The maximum atomic E-state index is 12.5. The summed E-state index contributed by atoms with van der Waals surface area (Å²) in [6.45, 7) is 2.47. The van der Waals surface area contributed by atoms with Crippen molar-refractivity contribution in [2.24, 2.45) is 11.8 Å². The maximum absolute atomic E-state index is 12.5. The van der Waals surface area contributed by atoms with E-state index in [2.05, 4.69) is 5.32 Å². The van der Waals surface area contributed by atoms with Crippen LogP contribution in [-0.4, -0.2) is 52.4 Å². The first-order valence-corrected chi connectivity index (χ1v) is 11.4. The molecule has 3 rings (SSSR count). The number of amides is 1. The van der Waals surface area contributed by atoms with Crippen molar-refractivity contribution in [3.8, 4) is 0 Å². The Morgan fingerprint density at radius 3 is 2.63 bits per heavy atom. The number of rotatable bonds is 5. The summed E-state index contributed by atoms with van der Waals surface area (Å²) in [6.07, 6.45) is 6.48. The normalized spacial score (nSPS) is 25.9. The van der Waals surface area contributed by atoms with Gasteiger partial charge in [0.1, 0.15) is 0 Å². The predicted molar refractivity (Wildman–Crippen MR) is 107 cm³/mol. The number of nitrogens with one attached hydrogen (secondary N) is 2. The van der Waals surface area contributed by atoms with Crippen LogP contribution in [0.4, 0.5) is 5.69 Å². The van der Waals surface area contributed by atoms with Crippen LogP contribution in [0.25, 0.3) is 0 Å². The summed E-state index contributed by atoms with van der Waals surface area (Å²) in [5.41, 5.74) is 0.344. The Hall–Kier alpha value is -1.15. The number of anilines is 1. The number of likely N-dealkylation sites (tertiary alicyclic amines) is 1. The third-order valence-electron chi connectivity index (χ3n) is 5.89. The van der Waals surface area contributed by atoms with Gasteiger partial charge >= 0.3 is 0 Å². The second kappa shape index (κ2) is 8.47. The van der Waals surface area contributed by atoms with Gasteiger partial charge in [-0.05, 0) is 43.4 Å². The average Bonchev–Trinajstić information content (AvgIpc) is 2.63. The van der Waals surface area contributed by atoms with Crippen molar-refractivity contribution in [2.75, 3.05) is 39.0 Å². The molecule has 1 saturated carbocycles. The minimum atomic E-state index is -3.57. The van der Waals surface area contributed by atoms with E-state index in [9.17, 15) is 13.2 Å². The summed E-state index contributed by atoms with van der Waals surface area (Å²) >= 11 is 6.17. The molecule has 2 fully saturated rings. The lowest BCUT2D eigenvalue weighted by Gasteiger charge is -2.38. The Balaban J connectivity index is 1.64. The van der Waals surface area contributed by atoms with Crippen molar-refractivity contribution < 1.29 is 18.1 Å². The molecular formula is C19H29ClN3O3S+. The van der Waals surface area contributed by atoms with Gasteiger partial charge in [0.2, 0.25) is 10.0 Å². The molecule has 27 heavy (non-hydrogen) atoms. The van der Waals surface area contributed by atoms with Gasteiger partial charge in [-0.25, -0.2) is 12.7 Å². The Morgan fingerprint density at radius 2 is 1.93 bits per heavy atom. The van der Waals surface area contributed by atoms with Gasteiger partial charge in [-0.2, -0.15) is 0 Å². The standard InChI is InChI=1S/C19H28ClN3O3S/c1-22(2)27(25,26)16-7-8-17(20)18(11-16)21-19(24)13-23-10-9-14-5-3-4-6-15(14)12-23/h7-8,11,14-15H,3-6,9-10,12-13H2,1-2H3,(H,21,24)/p+1/t14-,15+/m0/s1. The Kier molecular flexibility index (Phi) is 6.46. The molecule has 1 heterocycles. The fourth-order valence-corrected chi connectivity index (χ4v) is 5.44. The molecule has 2 N–H and O–H groups in total. The van der Waals surface area contributed by atoms with Gasteiger partial charge in [-0.1, -0.05) is 24.4 Å². The monoisotopic (exact) mass is 414 g/mol. The van der Waals surface area contributed by atoms with Crippen molar-refractivity contribution in [1.82, 2.24) is 4.31 Å². The molecule has 0 radical (unpaired) electrons. The van der Waals surface area contributed by atoms with Gasteiger partial charge in [0.05, 0.1) is 28.7 Å². The average molecular weight is 415 g/mol. The SMILES string of the molecule is CN(C)S(=O)(=O)c1ccc(Cl)c(NC(=O)C[NH+]2CC[C@@H]3CCCC[C@@H]3C2)c1. The molecule has 1 aliphatic carbocycles. The van der Waals surface area contributed by atoms with Crippen molar-refractivity contribution in [1.29, 1.82) is 0 Å². The molecule has 1 saturated heterocycles. The van der Waals surface area contributed by atoms with Crippen LogP contribution in [0.3, 0.4) is 0 Å². The Labute approximate surface area is 166 Å². The molecule has 0 bridgehead atoms. The molecule has 1 aliphatic heterocycles. The maximum Gasteiger partial charge on any atom is 0.279 e. The van der Waals surface area contributed by atoms with E-state index in [1.165, 1.54) is 69.3 Å². The molecule has 0 spiro atoms. The van der Waals surface area contributed by atoms with E-state index in [0.29, 0.717) is 17.3 Å². The lowest BCUT2D eigenvalue weighted by molar-refractivity contribution is -0.902. The van der Waals surface area contributed by atoms with E-state index in [0.717, 1.165) is 29.2 Å². The molecule has 8 heteroatoms. The second-order valence-corrected chi connectivity index (χ2v) is 10.5. The lowest BCUT2D eigenvalue weighted by atomic mass is 9.75. The van der Waals surface area contributed by atoms with E-state index in [-0.39, 0.29) is 10.8 Å². The Bertz CT molecular complexity index is 797. The molecule has 2 aliphatic rings. The largest absolute Gasteiger partial charge is 0.327 e. The first kappa shape index (κ1) is 20.6. The second-order valence-electron chi connectivity index (χ2n) is 7.95. The van der Waals surface area contributed by atoms with Crippen molar-refractivity contribution in [3.63, 3.8) is 0 Å². The van der Waals surface area contributed by atoms with Crippen LogP contribution in [-0.2, 0) is 14.8 Å². The summed E-state index contributed by atoms with van der Waals surface area (Å²) in [6, 6.07) is 4.39. The molecule has 1 aromatic carbocycles. The smallest absolute Gasteiger partial charge is 0.279 e. The number of carbonyl (C=O) groups excluding carboxylic acids is 1. The van der Waals surface area contributed by atoms with E-state index < -0.39 is 10.0 Å². The van der Waals surface area contributed by atoms with E-state index >= 15 is 0 Å². The van der Waals surface area contributed by atoms with Crippen molar-refractivity contribution >= 4 is 33.2 Å². The highest BCUT2D eigenvalue weighted by Gasteiger charge is 2.34. The number of nitrogens with zero attached hydrogens (tertiary/aromatic N) is 1. The fourth-order valence-electron chi connectivity index (χ4n) is 4.35. The summed E-state index contributed by atoms with van der Waals surface area (Å²) in [5.74, 6) is 1.46. The zero-order valence-corrected chi connectivity index (χ0v) is 17.6. The molecule has 6 nitrogen and oxygen atoms in total. The summed E-state index contributed by atoms with van der Waals surface area (Å²) in [7, 11) is -0.629. The summed E-state index contributed by atoms with van der Waals surface area (Å²) in [4.78, 5) is 14.0. The minimum absolute atomic E-state index is 0.113. The highest BCUT2D eigenvalue weighted by atomic mass is 35.5. The van der Waals surface area contributed by atoms with Crippen LogP contribution in [0.15, 0.2) is 23.1 Å². The van der Waals surface area contributed by atoms with E-state index in [4.69, 9.17) is 11.6 Å². The zero-order chi connectivity index (χ0) is 19.6.